The average Bonchev–Trinajstić information content (AvgIpc) is 2.38. The van der Waals surface area contributed by atoms with Crippen LogP contribution in [0.15, 0.2) is 24.3 Å². The number of aliphatic carboxylic acids is 1. The summed E-state index contributed by atoms with van der Waals surface area (Å²) >= 11 is 0. The van der Waals surface area contributed by atoms with Gasteiger partial charge in [-0.3, -0.25) is 4.79 Å². The number of halogens is 1. The van der Waals surface area contributed by atoms with Crippen molar-refractivity contribution in [3.63, 3.8) is 0 Å². The zero-order valence-corrected chi connectivity index (χ0v) is 10.5. The predicted molar refractivity (Wildman–Crippen MR) is 67.1 cm³/mol. The number of nitrogens with zero attached hydrogens (tertiary/aromatic N) is 1. The highest BCUT2D eigenvalue weighted by atomic mass is 19.1. The van der Waals surface area contributed by atoms with E-state index in [0.717, 1.165) is 12.8 Å². The summed E-state index contributed by atoms with van der Waals surface area (Å²) in [6, 6.07) is 5.09. The lowest BCUT2D eigenvalue weighted by atomic mass is 10.0. The van der Waals surface area contributed by atoms with E-state index in [0.29, 0.717) is 18.5 Å². The molecule has 1 N–H and O–H groups in total. The number of hydrogen-bond acceptors (Lipinski definition) is 2. The lowest BCUT2D eigenvalue weighted by Crippen LogP contribution is -2.48. The maximum atomic E-state index is 13.0. The molecule has 0 saturated carbocycles. The van der Waals surface area contributed by atoms with Gasteiger partial charge in [-0.1, -0.05) is 12.1 Å². The van der Waals surface area contributed by atoms with Crippen molar-refractivity contribution < 1.29 is 19.1 Å². The minimum Gasteiger partial charge on any atom is -0.480 e. The van der Waals surface area contributed by atoms with Crippen molar-refractivity contribution in [3.8, 4) is 0 Å². The molecule has 1 aromatic rings. The molecule has 0 bridgehead atoms. The summed E-state index contributed by atoms with van der Waals surface area (Å²) in [4.78, 5) is 24.7. The number of benzene rings is 1. The minimum atomic E-state index is -0.965. The van der Waals surface area contributed by atoms with E-state index >= 15 is 0 Å². The molecule has 1 fully saturated rings. The Hall–Kier alpha value is -1.91. The first-order valence-electron chi connectivity index (χ1n) is 6.34. The molecule has 4 nitrogen and oxygen atoms in total. The largest absolute Gasteiger partial charge is 0.480 e. The van der Waals surface area contributed by atoms with Crippen LogP contribution in [0, 0.1) is 5.82 Å². The highest BCUT2D eigenvalue weighted by Gasteiger charge is 2.31. The van der Waals surface area contributed by atoms with E-state index in [1.807, 2.05) is 0 Å². The van der Waals surface area contributed by atoms with Crippen LogP contribution in [0.2, 0.25) is 0 Å². The Balaban J connectivity index is 2.07. The summed E-state index contributed by atoms with van der Waals surface area (Å²) in [7, 11) is 0. The van der Waals surface area contributed by atoms with Gasteiger partial charge in [0, 0.05) is 6.54 Å². The molecular weight excluding hydrogens is 249 g/mol. The van der Waals surface area contributed by atoms with Crippen LogP contribution >= 0.6 is 0 Å². The highest BCUT2D eigenvalue weighted by molar-refractivity contribution is 5.85. The number of carbonyl (C=O) groups is 2. The maximum absolute atomic E-state index is 13.0. The van der Waals surface area contributed by atoms with Crippen LogP contribution in [-0.2, 0) is 16.0 Å². The second-order valence-electron chi connectivity index (χ2n) is 4.74. The molecule has 0 aromatic heterocycles. The summed E-state index contributed by atoms with van der Waals surface area (Å²) in [5.74, 6) is -1.61. The van der Waals surface area contributed by atoms with Gasteiger partial charge in [0.05, 0.1) is 6.42 Å². The first-order valence-corrected chi connectivity index (χ1v) is 6.34. The van der Waals surface area contributed by atoms with Crippen LogP contribution < -0.4 is 0 Å². The first kappa shape index (κ1) is 13.5. The molecule has 5 heteroatoms. The van der Waals surface area contributed by atoms with Gasteiger partial charge in [0.25, 0.3) is 0 Å². The van der Waals surface area contributed by atoms with Gasteiger partial charge in [0.1, 0.15) is 11.9 Å². The molecule has 102 valence electrons. The van der Waals surface area contributed by atoms with Crippen LogP contribution in [0.1, 0.15) is 24.8 Å². The molecule has 1 saturated heterocycles. The van der Waals surface area contributed by atoms with Crippen LogP contribution in [0.5, 0.6) is 0 Å². The van der Waals surface area contributed by atoms with Crippen molar-refractivity contribution in [2.75, 3.05) is 6.54 Å². The summed E-state index contributed by atoms with van der Waals surface area (Å²) in [5, 5.41) is 9.11. The predicted octanol–water partition coefficient (Wildman–Crippen LogP) is 1.83. The number of hydrogen-bond donors (Lipinski definition) is 1. The molecule has 1 atom stereocenters. The fraction of sp³-hybridized carbons (Fsp3) is 0.429. The second kappa shape index (κ2) is 5.82. The number of carboxylic acids is 1. The van der Waals surface area contributed by atoms with Gasteiger partial charge in [-0.05, 0) is 37.0 Å². The normalized spacial score (nSPS) is 19.2. The molecule has 2 rings (SSSR count). The maximum Gasteiger partial charge on any atom is 0.326 e. The molecule has 0 unspecified atom stereocenters. The molecular formula is C14H16FNO3. The van der Waals surface area contributed by atoms with Gasteiger partial charge < -0.3 is 10.0 Å². The molecule has 1 aliphatic rings. The minimum absolute atomic E-state index is 0.0432. The number of amides is 1. The Labute approximate surface area is 110 Å². The molecule has 1 heterocycles. The van der Waals surface area contributed by atoms with Gasteiger partial charge in [-0.15, -0.1) is 0 Å². The molecule has 1 aliphatic heterocycles. The summed E-state index contributed by atoms with van der Waals surface area (Å²) in [6.07, 6.45) is 2.17. The quantitative estimate of drug-likeness (QED) is 0.907. The van der Waals surface area contributed by atoms with Gasteiger partial charge in [-0.2, -0.15) is 0 Å². The van der Waals surface area contributed by atoms with Crippen molar-refractivity contribution >= 4 is 11.9 Å². The Bertz CT molecular complexity index is 489. The molecule has 0 spiro atoms. The zero-order chi connectivity index (χ0) is 13.8. The van der Waals surface area contributed by atoms with Gasteiger partial charge in [0.2, 0.25) is 5.91 Å². The fourth-order valence-electron chi connectivity index (χ4n) is 2.41. The summed E-state index contributed by atoms with van der Waals surface area (Å²) in [5.41, 5.74) is 0.569. The monoisotopic (exact) mass is 265 g/mol. The third kappa shape index (κ3) is 3.30. The molecule has 0 aliphatic carbocycles. The van der Waals surface area contributed by atoms with Gasteiger partial charge >= 0.3 is 5.97 Å². The van der Waals surface area contributed by atoms with Crippen LogP contribution in [-0.4, -0.2) is 34.5 Å². The average molecular weight is 265 g/mol. The van der Waals surface area contributed by atoms with Crippen molar-refractivity contribution in [1.29, 1.82) is 0 Å². The van der Waals surface area contributed by atoms with Crippen LogP contribution in [0.25, 0.3) is 0 Å². The lowest BCUT2D eigenvalue weighted by Gasteiger charge is -2.33. The fourth-order valence-corrected chi connectivity index (χ4v) is 2.41. The Kier molecular flexibility index (Phi) is 4.14. The Morgan fingerprint density at radius 1 is 1.37 bits per heavy atom. The third-order valence-electron chi connectivity index (χ3n) is 3.35. The van der Waals surface area contributed by atoms with E-state index < -0.39 is 17.8 Å². The van der Waals surface area contributed by atoms with Gasteiger partial charge in [0.15, 0.2) is 0 Å². The number of piperidine rings is 1. The van der Waals surface area contributed by atoms with Crippen molar-refractivity contribution in [2.24, 2.45) is 0 Å². The molecule has 1 amide bonds. The zero-order valence-electron chi connectivity index (χ0n) is 10.5. The highest BCUT2D eigenvalue weighted by Crippen LogP contribution is 2.18. The van der Waals surface area contributed by atoms with E-state index in [2.05, 4.69) is 0 Å². The molecule has 1 aromatic carbocycles. The Morgan fingerprint density at radius 3 is 2.84 bits per heavy atom. The van der Waals surface area contributed by atoms with Crippen LogP contribution in [0.3, 0.4) is 0 Å². The molecule has 19 heavy (non-hydrogen) atoms. The van der Waals surface area contributed by atoms with E-state index in [9.17, 15) is 14.0 Å². The second-order valence-corrected chi connectivity index (χ2v) is 4.74. The SMILES string of the molecule is O=C(O)[C@H]1CCCCN1C(=O)Cc1cccc(F)c1. The topological polar surface area (TPSA) is 57.6 Å². The van der Waals surface area contributed by atoms with Crippen molar-refractivity contribution in [3.05, 3.63) is 35.6 Å². The van der Waals surface area contributed by atoms with E-state index in [1.54, 1.807) is 12.1 Å². The van der Waals surface area contributed by atoms with Crippen LogP contribution in [0.4, 0.5) is 4.39 Å². The summed E-state index contributed by atoms with van der Waals surface area (Å²) in [6.45, 7) is 0.463. The van der Waals surface area contributed by atoms with E-state index in [-0.39, 0.29) is 12.3 Å². The lowest BCUT2D eigenvalue weighted by molar-refractivity contribution is -0.151. The number of rotatable bonds is 3. The number of likely N-dealkylation sites (tertiary alicyclic amines) is 1. The molecule has 0 radical (unpaired) electrons. The number of carbonyl (C=O) groups excluding carboxylic acids is 1. The summed E-state index contributed by atoms with van der Waals surface area (Å²) < 4.78 is 13.0. The third-order valence-corrected chi connectivity index (χ3v) is 3.35. The van der Waals surface area contributed by atoms with Crippen molar-refractivity contribution in [2.45, 2.75) is 31.7 Å². The Morgan fingerprint density at radius 2 is 2.16 bits per heavy atom. The van der Waals surface area contributed by atoms with Gasteiger partial charge in [-0.25, -0.2) is 9.18 Å². The van der Waals surface area contributed by atoms with E-state index in [1.165, 1.54) is 17.0 Å². The standard InChI is InChI=1S/C14H16FNO3/c15-11-5-3-4-10(8-11)9-13(17)16-7-2-1-6-12(16)14(18)19/h3-5,8,12H,1-2,6-7,9H2,(H,18,19)/t12-/m1/s1. The van der Waals surface area contributed by atoms with Crippen molar-refractivity contribution in [1.82, 2.24) is 4.90 Å². The number of carboxylic acid groups (broad SMARTS) is 1. The first-order chi connectivity index (χ1) is 9.08. The smallest absolute Gasteiger partial charge is 0.326 e. The van der Waals surface area contributed by atoms with E-state index in [4.69, 9.17) is 5.11 Å².